The van der Waals surface area contributed by atoms with E-state index in [9.17, 15) is 5.11 Å². The van der Waals surface area contributed by atoms with Crippen molar-refractivity contribution < 1.29 is 19.6 Å². The maximum Gasteiger partial charge on any atom is 0.138 e. The monoisotopic (exact) mass is 296 g/mol. The van der Waals surface area contributed by atoms with Crippen molar-refractivity contribution in [2.45, 2.75) is 26.0 Å². The van der Waals surface area contributed by atoms with Gasteiger partial charge in [-0.15, -0.1) is 0 Å². The van der Waals surface area contributed by atoms with Crippen molar-refractivity contribution in [2.75, 3.05) is 7.11 Å². The first-order chi connectivity index (χ1) is 10.4. The first-order valence-corrected chi connectivity index (χ1v) is 7.04. The van der Waals surface area contributed by atoms with E-state index in [1.807, 2.05) is 25.1 Å². The fourth-order valence-electron chi connectivity index (χ4n) is 2.68. The number of phenols is 1. The van der Waals surface area contributed by atoms with Crippen LogP contribution in [0.15, 0.2) is 24.3 Å². The lowest BCUT2D eigenvalue weighted by atomic mass is 9.80. The molecule has 2 radical (unpaired) electrons. The minimum absolute atomic E-state index is 0.122. The molecule has 0 aromatic heterocycles. The van der Waals surface area contributed by atoms with E-state index >= 15 is 0 Å². The third-order valence-electron chi connectivity index (χ3n) is 3.75. The van der Waals surface area contributed by atoms with E-state index in [2.05, 4.69) is 4.89 Å². The Morgan fingerprint density at radius 1 is 1.32 bits per heavy atom. The van der Waals surface area contributed by atoms with Crippen molar-refractivity contribution >= 4 is 24.7 Å². The Hall–Kier alpha value is -1.98. The van der Waals surface area contributed by atoms with Gasteiger partial charge in [0.05, 0.1) is 18.2 Å². The van der Waals surface area contributed by atoms with Gasteiger partial charge in [-0.3, -0.25) is 0 Å². The van der Waals surface area contributed by atoms with Crippen LogP contribution in [0.5, 0.6) is 11.5 Å². The van der Waals surface area contributed by atoms with Gasteiger partial charge in [0.2, 0.25) is 0 Å². The van der Waals surface area contributed by atoms with Gasteiger partial charge < -0.3 is 9.84 Å². The van der Waals surface area contributed by atoms with Crippen molar-refractivity contribution in [3.63, 3.8) is 0 Å². The molecule has 0 bridgehead atoms. The summed E-state index contributed by atoms with van der Waals surface area (Å²) in [5.74, 6) is 0.707. The standard InChI is InChI=1S/C17H17BO4/c1-10-4-5-11-13(8-10)14(9-21-20-3)15(19)12-6-7-17(2,18)22-16(11)12/h4-8,19H,9H2,1-3H3. The number of aromatic hydroxyl groups is 1. The lowest BCUT2D eigenvalue weighted by Crippen LogP contribution is -2.32. The summed E-state index contributed by atoms with van der Waals surface area (Å²) >= 11 is 0. The topological polar surface area (TPSA) is 47.9 Å². The van der Waals surface area contributed by atoms with Crippen molar-refractivity contribution in [1.29, 1.82) is 0 Å². The Labute approximate surface area is 130 Å². The molecule has 5 heteroatoms. The van der Waals surface area contributed by atoms with Gasteiger partial charge in [-0.2, -0.15) is 0 Å². The predicted molar refractivity (Wildman–Crippen MR) is 86.0 cm³/mol. The Bertz CT molecular complexity index is 765. The van der Waals surface area contributed by atoms with Gasteiger partial charge in [0, 0.05) is 10.9 Å². The van der Waals surface area contributed by atoms with Crippen LogP contribution in [-0.4, -0.2) is 25.6 Å². The zero-order chi connectivity index (χ0) is 15.9. The molecule has 2 aromatic carbocycles. The van der Waals surface area contributed by atoms with Crippen LogP contribution in [0.1, 0.15) is 23.6 Å². The summed E-state index contributed by atoms with van der Waals surface area (Å²) in [5, 5.41) is 12.4. The Balaban J connectivity index is 2.32. The Morgan fingerprint density at radius 3 is 2.82 bits per heavy atom. The van der Waals surface area contributed by atoms with Crippen LogP contribution in [0.3, 0.4) is 0 Å². The van der Waals surface area contributed by atoms with Gasteiger partial charge in [-0.1, -0.05) is 29.8 Å². The fourth-order valence-corrected chi connectivity index (χ4v) is 2.68. The number of rotatable bonds is 3. The number of aryl methyl sites for hydroxylation is 1. The van der Waals surface area contributed by atoms with Crippen molar-refractivity contribution in [3.05, 3.63) is 41.0 Å². The van der Waals surface area contributed by atoms with Gasteiger partial charge in [-0.05, 0) is 25.3 Å². The van der Waals surface area contributed by atoms with Crippen molar-refractivity contribution in [3.8, 4) is 11.5 Å². The second-order valence-corrected chi connectivity index (χ2v) is 5.67. The van der Waals surface area contributed by atoms with E-state index in [0.29, 0.717) is 16.9 Å². The number of phenolic OH excluding ortho intramolecular Hbond substituents is 1. The van der Waals surface area contributed by atoms with Gasteiger partial charge in [0.1, 0.15) is 26.0 Å². The molecule has 3 rings (SSSR count). The minimum Gasteiger partial charge on any atom is -0.507 e. The molecular weight excluding hydrogens is 279 g/mol. The van der Waals surface area contributed by atoms with Crippen LogP contribution in [0.2, 0.25) is 0 Å². The SMILES string of the molecule is [B]C1(C)C=Cc2c(O)c(COOC)c3cc(C)ccc3c2O1. The maximum absolute atomic E-state index is 10.6. The molecule has 4 nitrogen and oxygen atoms in total. The number of hydrogen-bond acceptors (Lipinski definition) is 4. The van der Waals surface area contributed by atoms with Crippen molar-refractivity contribution in [2.24, 2.45) is 0 Å². The quantitative estimate of drug-likeness (QED) is 0.537. The van der Waals surface area contributed by atoms with Crippen LogP contribution in [0.4, 0.5) is 0 Å². The molecule has 1 aliphatic heterocycles. The predicted octanol–water partition coefficient (Wildman–Crippen LogP) is 3.22. The van der Waals surface area contributed by atoms with E-state index < -0.39 is 5.50 Å². The van der Waals surface area contributed by atoms with Crippen LogP contribution >= 0.6 is 0 Å². The number of hydrogen-bond donors (Lipinski definition) is 1. The molecule has 0 spiro atoms. The molecule has 2 aromatic rings. The zero-order valence-electron chi connectivity index (χ0n) is 12.8. The molecule has 1 heterocycles. The molecule has 1 aliphatic rings. The minimum atomic E-state index is -0.901. The lowest BCUT2D eigenvalue weighted by molar-refractivity contribution is -0.282. The first-order valence-electron chi connectivity index (χ1n) is 7.04. The molecule has 0 fully saturated rings. The molecule has 0 saturated carbocycles. The van der Waals surface area contributed by atoms with Gasteiger partial charge in [0.25, 0.3) is 0 Å². The normalized spacial score (nSPS) is 20.0. The molecule has 0 amide bonds. The van der Waals surface area contributed by atoms with Gasteiger partial charge >= 0.3 is 0 Å². The smallest absolute Gasteiger partial charge is 0.138 e. The number of ether oxygens (including phenoxy) is 1. The molecule has 0 saturated heterocycles. The third kappa shape index (κ3) is 2.47. The molecule has 1 atom stereocenters. The molecular formula is C17H17BO4. The van der Waals surface area contributed by atoms with Crippen LogP contribution < -0.4 is 4.74 Å². The second-order valence-electron chi connectivity index (χ2n) is 5.67. The lowest BCUT2D eigenvalue weighted by Gasteiger charge is -2.30. The maximum atomic E-state index is 10.6. The summed E-state index contributed by atoms with van der Waals surface area (Å²) < 4.78 is 5.87. The Morgan fingerprint density at radius 2 is 2.09 bits per heavy atom. The van der Waals surface area contributed by atoms with Crippen molar-refractivity contribution in [1.82, 2.24) is 0 Å². The second kappa shape index (κ2) is 5.34. The van der Waals surface area contributed by atoms with E-state index in [4.69, 9.17) is 17.5 Å². The molecule has 1 unspecified atom stereocenters. The summed E-state index contributed by atoms with van der Waals surface area (Å²) in [5.41, 5.74) is 1.44. The van der Waals surface area contributed by atoms with E-state index in [-0.39, 0.29) is 12.4 Å². The fraction of sp³-hybridized carbons (Fsp3) is 0.294. The molecule has 0 aliphatic carbocycles. The average molecular weight is 296 g/mol. The summed E-state index contributed by atoms with van der Waals surface area (Å²) in [6.45, 7) is 3.90. The van der Waals surface area contributed by atoms with E-state index in [1.165, 1.54) is 7.11 Å². The largest absolute Gasteiger partial charge is 0.507 e. The van der Waals surface area contributed by atoms with E-state index in [0.717, 1.165) is 16.3 Å². The number of benzene rings is 2. The zero-order valence-corrected chi connectivity index (χ0v) is 12.8. The summed E-state index contributed by atoms with van der Waals surface area (Å²) in [7, 11) is 7.48. The summed E-state index contributed by atoms with van der Waals surface area (Å²) in [6.07, 6.45) is 3.50. The highest BCUT2D eigenvalue weighted by Crippen LogP contribution is 2.45. The average Bonchev–Trinajstić information content (AvgIpc) is 2.46. The van der Waals surface area contributed by atoms with Gasteiger partial charge in [-0.25, -0.2) is 9.78 Å². The molecule has 1 N–H and O–H groups in total. The van der Waals surface area contributed by atoms with Crippen LogP contribution in [0, 0.1) is 6.92 Å². The highest BCUT2D eigenvalue weighted by Gasteiger charge is 2.27. The highest BCUT2D eigenvalue weighted by atomic mass is 17.2. The van der Waals surface area contributed by atoms with Gasteiger partial charge in [0.15, 0.2) is 0 Å². The highest BCUT2D eigenvalue weighted by molar-refractivity contribution is 6.17. The molecule has 112 valence electrons. The van der Waals surface area contributed by atoms with Crippen LogP contribution in [-0.2, 0) is 16.4 Å². The molecule has 22 heavy (non-hydrogen) atoms. The first kappa shape index (κ1) is 14.9. The number of fused-ring (bicyclic) bond motifs is 3. The van der Waals surface area contributed by atoms with Crippen LogP contribution in [0.25, 0.3) is 16.8 Å². The third-order valence-corrected chi connectivity index (χ3v) is 3.75. The summed E-state index contributed by atoms with van der Waals surface area (Å²) in [4.78, 5) is 9.71. The summed E-state index contributed by atoms with van der Waals surface area (Å²) in [6, 6.07) is 5.95. The van der Waals surface area contributed by atoms with E-state index in [1.54, 1.807) is 19.1 Å². The Kier molecular flexibility index (Phi) is 3.63.